The lowest BCUT2D eigenvalue weighted by Crippen LogP contribution is -2.38. The summed E-state index contributed by atoms with van der Waals surface area (Å²) in [5.41, 5.74) is 14.8. The van der Waals surface area contributed by atoms with Crippen LogP contribution in [-0.4, -0.2) is 5.78 Å². The van der Waals surface area contributed by atoms with Crippen molar-refractivity contribution >= 4 is 27.4 Å². The van der Waals surface area contributed by atoms with Crippen LogP contribution >= 0.6 is 15.9 Å². The first-order chi connectivity index (χ1) is 18.3. The first kappa shape index (κ1) is 25.8. The Labute approximate surface area is 232 Å². The van der Waals surface area contributed by atoms with Crippen LogP contribution in [0.2, 0.25) is 0 Å². The molecule has 1 atom stereocenters. The van der Waals surface area contributed by atoms with Crippen molar-refractivity contribution in [2.45, 2.75) is 52.6 Å². The maximum absolute atomic E-state index is 13.5. The highest BCUT2D eigenvalue weighted by molar-refractivity contribution is 9.10. The van der Waals surface area contributed by atoms with Crippen molar-refractivity contribution in [3.8, 4) is 11.8 Å². The molecule has 38 heavy (non-hydrogen) atoms. The van der Waals surface area contributed by atoms with Crippen molar-refractivity contribution in [1.29, 1.82) is 5.26 Å². The second kappa shape index (κ2) is 10.5. The van der Waals surface area contributed by atoms with Crippen LogP contribution < -0.4 is 15.4 Å². The number of Topliss-reactive ketones (excluding diaryl/α,β-unsaturated/α-hetero) is 1. The zero-order valence-corrected chi connectivity index (χ0v) is 23.4. The van der Waals surface area contributed by atoms with Crippen molar-refractivity contribution < 1.29 is 9.53 Å². The highest BCUT2D eigenvalue weighted by atomic mass is 79.9. The lowest BCUT2D eigenvalue weighted by atomic mass is 9.74. The topological polar surface area (TPSA) is 79.3 Å². The van der Waals surface area contributed by atoms with E-state index in [9.17, 15) is 10.1 Å². The number of halogens is 1. The van der Waals surface area contributed by atoms with E-state index < -0.39 is 5.92 Å². The third-order valence-corrected chi connectivity index (χ3v) is 7.98. The largest absolute Gasteiger partial charge is 0.489 e. The van der Waals surface area contributed by atoms with Crippen LogP contribution in [0.3, 0.4) is 0 Å². The molecule has 0 saturated carbocycles. The minimum Gasteiger partial charge on any atom is -0.489 e. The average molecular weight is 569 g/mol. The van der Waals surface area contributed by atoms with Crippen molar-refractivity contribution in [1.82, 2.24) is 0 Å². The summed E-state index contributed by atoms with van der Waals surface area (Å²) in [6.45, 7) is 6.50. The van der Waals surface area contributed by atoms with Crippen molar-refractivity contribution in [2.24, 2.45) is 5.73 Å². The molecule has 192 valence electrons. The predicted octanol–water partition coefficient (Wildman–Crippen LogP) is 7.26. The number of allylic oxidation sites excluding steroid dienone is 3. The summed E-state index contributed by atoms with van der Waals surface area (Å²) in [4.78, 5) is 15.4. The molecule has 2 N–H and O–H groups in total. The zero-order chi connectivity index (χ0) is 27.0. The van der Waals surface area contributed by atoms with E-state index in [2.05, 4.69) is 41.1 Å². The molecule has 0 radical (unpaired) electrons. The van der Waals surface area contributed by atoms with Crippen LogP contribution in [0.15, 0.2) is 87.8 Å². The number of carbonyl (C=O) groups excluding carboxylic acids is 1. The minimum absolute atomic E-state index is 0.0845. The molecule has 0 fully saturated rings. The molecule has 1 unspecified atom stereocenters. The van der Waals surface area contributed by atoms with E-state index in [0.29, 0.717) is 30.0 Å². The number of anilines is 1. The maximum atomic E-state index is 13.5. The second-order valence-electron chi connectivity index (χ2n) is 10.0. The number of hydrogen-bond acceptors (Lipinski definition) is 5. The second-order valence-corrected chi connectivity index (χ2v) is 10.9. The number of nitrogens with zero attached hydrogens (tertiary/aromatic N) is 2. The molecule has 3 aromatic carbocycles. The van der Waals surface area contributed by atoms with E-state index in [-0.39, 0.29) is 5.78 Å². The fraction of sp³-hybridized carbons (Fsp3) is 0.250. The predicted molar refractivity (Wildman–Crippen MR) is 153 cm³/mol. The van der Waals surface area contributed by atoms with Gasteiger partial charge in [-0.1, -0.05) is 45.8 Å². The van der Waals surface area contributed by atoms with Gasteiger partial charge in [-0.3, -0.25) is 9.69 Å². The number of carbonyl (C=O) groups is 1. The Morgan fingerprint density at radius 2 is 1.74 bits per heavy atom. The standard InChI is InChI=1S/C32H30BrN3O2/c1-19-7-11-24(12-8-19)36-28-5-4-6-29(37)31(28)30(27(17-34)32(36)35)26-16-22(20(2)15-21(26)3)18-38-25-13-9-23(33)10-14-25/h7-16,30H,4-6,18,35H2,1-3H3. The number of aryl methyl sites for hydroxylation is 3. The van der Waals surface area contributed by atoms with Crippen LogP contribution in [0.25, 0.3) is 0 Å². The maximum Gasteiger partial charge on any atom is 0.161 e. The van der Waals surface area contributed by atoms with Gasteiger partial charge in [0.25, 0.3) is 0 Å². The molecule has 0 aromatic heterocycles. The molecular formula is C32H30BrN3O2. The van der Waals surface area contributed by atoms with Crippen LogP contribution in [0.5, 0.6) is 5.75 Å². The van der Waals surface area contributed by atoms with Gasteiger partial charge in [-0.05, 0) is 92.3 Å². The fourth-order valence-corrected chi connectivity index (χ4v) is 5.73. The van der Waals surface area contributed by atoms with Gasteiger partial charge in [0.1, 0.15) is 18.2 Å². The first-order valence-electron chi connectivity index (χ1n) is 12.8. The number of hydrogen-bond donors (Lipinski definition) is 1. The van der Waals surface area contributed by atoms with Gasteiger partial charge < -0.3 is 10.5 Å². The summed E-state index contributed by atoms with van der Waals surface area (Å²) >= 11 is 3.46. The highest BCUT2D eigenvalue weighted by Crippen LogP contribution is 2.47. The van der Waals surface area contributed by atoms with E-state index in [1.165, 1.54) is 0 Å². The van der Waals surface area contributed by atoms with E-state index >= 15 is 0 Å². The molecule has 1 heterocycles. The van der Waals surface area contributed by atoms with Gasteiger partial charge in [-0.15, -0.1) is 0 Å². The van der Waals surface area contributed by atoms with Crippen LogP contribution in [0.4, 0.5) is 5.69 Å². The van der Waals surface area contributed by atoms with Crippen molar-refractivity contribution in [3.05, 3.63) is 116 Å². The molecule has 0 saturated heterocycles. The molecule has 5 rings (SSSR count). The van der Waals surface area contributed by atoms with Gasteiger partial charge in [0, 0.05) is 27.9 Å². The van der Waals surface area contributed by atoms with Crippen molar-refractivity contribution in [3.63, 3.8) is 0 Å². The SMILES string of the molecule is Cc1ccc(N2C(N)=C(C#N)C(c3cc(COc4ccc(Br)cc4)c(C)cc3C)C3=C2CCCC3=O)cc1. The first-order valence-corrected chi connectivity index (χ1v) is 13.6. The quantitative estimate of drug-likeness (QED) is 0.351. The van der Waals surface area contributed by atoms with E-state index in [1.807, 2.05) is 67.3 Å². The van der Waals surface area contributed by atoms with Gasteiger partial charge >= 0.3 is 0 Å². The Balaban J connectivity index is 1.61. The van der Waals surface area contributed by atoms with E-state index in [0.717, 1.165) is 62.3 Å². The van der Waals surface area contributed by atoms with Gasteiger partial charge in [-0.2, -0.15) is 5.26 Å². The Bertz CT molecular complexity index is 1510. The van der Waals surface area contributed by atoms with Crippen LogP contribution in [0, 0.1) is 32.1 Å². The normalized spacial score (nSPS) is 17.4. The summed E-state index contributed by atoms with van der Waals surface area (Å²) in [6, 6.07) is 22.3. The Morgan fingerprint density at radius 1 is 1.03 bits per heavy atom. The van der Waals surface area contributed by atoms with E-state index in [4.69, 9.17) is 10.5 Å². The number of nitrogens with two attached hydrogens (primary N) is 1. The van der Waals surface area contributed by atoms with Gasteiger partial charge in [0.05, 0.1) is 17.6 Å². The summed E-state index contributed by atoms with van der Waals surface area (Å²) < 4.78 is 7.08. The van der Waals surface area contributed by atoms with Gasteiger partial charge in [0.2, 0.25) is 0 Å². The van der Waals surface area contributed by atoms with Crippen LogP contribution in [0.1, 0.15) is 53.0 Å². The number of ketones is 1. The van der Waals surface area contributed by atoms with Crippen LogP contribution in [-0.2, 0) is 11.4 Å². The Morgan fingerprint density at radius 3 is 2.42 bits per heavy atom. The summed E-state index contributed by atoms with van der Waals surface area (Å²) in [5.74, 6) is 0.746. The smallest absolute Gasteiger partial charge is 0.161 e. The number of rotatable bonds is 5. The third kappa shape index (κ3) is 4.75. The molecular weight excluding hydrogens is 538 g/mol. The lowest BCUT2D eigenvalue weighted by molar-refractivity contribution is -0.116. The molecule has 5 nitrogen and oxygen atoms in total. The monoisotopic (exact) mass is 567 g/mol. The Kier molecular flexibility index (Phi) is 7.14. The summed E-state index contributed by atoms with van der Waals surface area (Å²) in [6.07, 6.45) is 1.97. The molecule has 2 aliphatic rings. The highest BCUT2D eigenvalue weighted by Gasteiger charge is 2.41. The number of ether oxygens (including phenoxy) is 1. The van der Waals surface area contributed by atoms with Gasteiger partial charge in [-0.25, -0.2) is 0 Å². The minimum atomic E-state index is -0.503. The molecule has 0 amide bonds. The van der Waals surface area contributed by atoms with E-state index in [1.54, 1.807) is 0 Å². The third-order valence-electron chi connectivity index (χ3n) is 7.45. The zero-order valence-electron chi connectivity index (χ0n) is 21.8. The molecule has 3 aromatic rings. The van der Waals surface area contributed by atoms with Gasteiger partial charge in [0.15, 0.2) is 5.78 Å². The Hall–Kier alpha value is -3.82. The molecule has 1 aliphatic heterocycles. The molecule has 0 bridgehead atoms. The molecule has 0 spiro atoms. The van der Waals surface area contributed by atoms with Crippen molar-refractivity contribution in [2.75, 3.05) is 4.90 Å². The average Bonchev–Trinajstić information content (AvgIpc) is 2.90. The number of nitriles is 1. The molecule has 6 heteroatoms. The number of benzene rings is 3. The summed E-state index contributed by atoms with van der Waals surface area (Å²) in [7, 11) is 0. The fourth-order valence-electron chi connectivity index (χ4n) is 5.46. The molecule has 1 aliphatic carbocycles. The lowest BCUT2D eigenvalue weighted by Gasteiger charge is -2.40. The summed E-state index contributed by atoms with van der Waals surface area (Å²) in [5, 5.41) is 10.4.